The number of fused-ring (bicyclic) bond motifs is 9. The van der Waals surface area contributed by atoms with Crippen LogP contribution in [0.2, 0.25) is 0 Å². The number of anilines is 3. The van der Waals surface area contributed by atoms with Gasteiger partial charge >= 0.3 is 0 Å². The Morgan fingerprint density at radius 1 is 0.404 bits per heavy atom. The highest BCUT2D eigenvalue weighted by atomic mass is 15.1. The zero-order valence-corrected chi connectivity index (χ0v) is 29.1. The molecule has 0 unspecified atom stereocenters. The van der Waals surface area contributed by atoms with Crippen LogP contribution in [0.15, 0.2) is 164 Å². The molecule has 248 valence electrons. The topological polar surface area (TPSA) is 8.17 Å². The minimum absolute atomic E-state index is 0.703. The lowest BCUT2D eigenvalue weighted by Crippen LogP contribution is -2.10. The summed E-state index contributed by atoms with van der Waals surface area (Å²) in [6.45, 7) is 0. The van der Waals surface area contributed by atoms with E-state index < -0.39 is 0 Å². The maximum absolute atomic E-state index is 2.41. The lowest BCUT2D eigenvalue weighted by Gasteiger charge is -2.28. The van der Waals surface area contributed by atoms with Crippen LogP contribution in [-0.2, 0) is 0 Å². The van der Waals surface area contributed by atoms with Gasteiger partial charge in [-0.3, -0.25) is 0 Å². The second kappa shape index (κ2) is 11.7. The third kappa shape index (κ3) is 4.64. The molecule has 0 spiro atoms. The Bertz CT molecular complexity index is 2770. The van der Waals surface area contributed by atoms with Crippen molar-refractivity contribution >= 4 is 60.4 Å². The minimum atomic E-state index is 0.703. The van der Waals surface area contributed by atoms with Crippen molar-refractivity contribution in [1.29, 1.82) is 0 Å². The molecule has 0 saturated heterocycles. The fraction of sp³-hybridized carbons (Fsp3) is 0.120. The second-order valence-electron chi connectivity index (χ2n) is 14.8. The zero-order valence-electron chi connectivity index (χ0n) is 29.1. The molecule has 0 atom stereocenters. The van der Waals surface area contributed by atoms with Crippen molar-refractivity contribution in [3.05, 3.63) is 169 Å². The van der Waals surface area contributed by atoms with Gasteiger partial charge in [-0.25, -0.2) is 0 Å². The van der Waals surface area contributed by atoms with Gasteiger partial charge in [-0.1, -0.05) is 98.1 Å². The van der Waals surface area contributed by atoms with E-state index in [2.05, 4.69) is 173 Å². The van der Waals surface area contributed by atoms with E-state index in [0.717, 1.165) is 0 Å². The molecule has 9 aromatic rings. The molecule has 0 bridgehead atoms. The molecule has 0 N–H and O–H groups in total. The highest BCUT2D eigenvalue weighted by molar-refractivity contribution is 6.13. The van der Waals surface area contributed by atoms with E-state index >= 15 is 0 Å². The summed E-state index contributed by atoms with van der Waals surface area (Å²) in [5.41, 5.74) is 14.1. The maximum Gasteiger partial charge on any atom is 0.0541 e. The van der Waals surface area contributed by atoms with Crippen LogP contribution in [0.3, 0.4) is 0 Å². The molecule has 11 rings (SSSR count). The fourth-order valence-electron chi connectivity index (χ4n) is 9.23. The van der Waals surface area contributed by atoms with Gasteiger partial charge in [0.2, 0.25) is 0 Å². The normalized spacial score (nSPS) is 14.1. The number of nitrogens with zero attached hydrogens (tertiary/aromatic N) is 2. The van der Waals surface area contributed by atoms with Gasteiger partial charge in [-0.05, 0) is 153 Å². The first kappa shape index (κ1) is 29.6. The molecular weight excluding hydrogens is 629 g/mol. The van der Waals surface area contributed by atoms with Crippen LogP contribution in [0.5, 0.6) is 0 Å². The van der Waals surface area contributed by atoms with Gasteiger partial charge < -0.3 is 9.47 Å². The number of hydrogen-bond donors (Lipinski definition) is 0. The van der Waals surface area contributed by atoms with E-state index in [0.29, 0.717) is 5.92 Å². The standard InChI is InChI=1S/C50H38N2/c1-3-11-33(12-4-1)34-19-23-40(24-20-34)51(39-13-5-2-6-14-39)41-25-21-35-29-45-47(31-37(35)27-41)46-30-36-22-26-42(28-38(36)32-48(45)46)52-49-17-9-7-15-43(49)44-16-8-10-18-50(44)52/h2,5-10,13-33H,1,3-4,11-12H2. The Kier molecular flexibility index (Phi) is 6.67. The van der Waals surface area contributed by atoms with Gasteiger partial charge in [0.15, 0.2) is 0 Å². The highest BCUT2D eigenvalue weighted by Gasteiger charge is 2.25. The Morgan fingerprint density at radius 2 is 0.923 bits per heavy atom. The van der Waals surface area contributed by atoms with Crippen LogP contribution in [0.1, 0.15) is 43.6 Å². The van der Waals surface area contributed by atoms with E-state index in [1.807, 2.05) is 0 Å². The number of rotatable bonds is 5. The second-order valence-corrected chi connectivity index (χ2v) is 14.8. The van der Waals surface area contributed by atoms with Crippen molar-refractivity contribution in [2.45, 2.75) is 38.0 Å². The SMILES string of the molecule is c1ccc(N(c2ccc(C3CCCCC3)cc2)c2ccc3cc4c(cc3c2)-c2cc3ccc(-n5c6ccccc6c6ccccc65)cc3cc2-4)cc1. The summed E-state index contributed by atoms with van der Waals surface area (Å²) in [7, 11) is 0. The Hall–Kier alpha value is -6.12. The molecule has 2 nitrogen and oxygen atoms in total. The minimum Gasteiger partial charge on any atom is -0.310 e. The summed E-state index contributed by atoms with van der Waals surface area (Å²) < 4.78 is 2.41. The first-order chi connectivity index (χ1) is 25.8. The summed E-state index contributed by atoms with van der Waals surface area (Å²) >= 11 is 0. The summed E-state index contributed by atoms with van der Waals surface area (Å²) in [6.07, 6.45) is 6.73. The molecular formula is C50H38N2. The van der Waals surface area contributed by atoms with E-state index in [4.69, 9.17) is 0 Å². The van der Waals surface area contributed by atoms with E-state index in [-0.39, 0.29) is 0 Å². The third-order valence-corrected chi connectivity index (χ3v) is 11.8. The Morgan fingerprint density at radius 3 is 1.58 bits per heavy atom. The first-order valence-electron chi connectivity index (χ1n) is 18.9. The molecule has 1 aromatic heterocycles. The number of hydrogen-bond acceptors (Lipinski definition) is 1. The van der Waals surface area contributed by atoms with Crippen molar-refractivity contribution < 1.29 is 0 Å². The van der Waals surface area contributed by atoms with E-state index in [9.17, 15) is 0 Å². The van der Waals surface area contributed by atoms with Crippen LogP contribution >= 0.6 is 0 Å². The molecule has 2 heteroatoms. The van der Waals surface area contributed by atoms with Gasteiger partial charge in [0.05, 0.1) is 11.0 Å². The molecule has 2 aliphatic rings. The molecule has 1 fully saturated rings. The monoisotopic (exact) mass is 666 g/mol. The Balaban J connectivity index is 0.969. The van der Waals surface area contributed by atoms with Crippen molar-refractivity contribution in [3.63, 3.8) is 0 Å². The molecule has 0 aliphatic heterocycles. The molecule has 0 amide bonds. The number of benzene rings is 8. The van der Waals surface area contributed by atoms with Gasteiger partial charge in [-0.2, -0.15) is 0 Å². The summed E-state index contributed by atoms with van der Waals surface area (Å²) in [5, 5.41) is 7.66. The summed E-state index contributed by atoms with van der Waals surface area (Å²) in [5.74, 6) is 0.703. The molecule has 1 heterocycles. The van der Waals surface area contributed by atoms with Crippen LogP contribution in [0, 0.1) is 0 Å². The van der Waals surface area contributed by atoms with Crippen molar-refractivity contribution in [2.75, 3.05) is 4.90 Å². The van der Waals surface area contributed by atoms with Gasteiger partial charge in [0.25, 0.3) is 0 Å². The summed E-state index contributed by atoms with van der Waals surface area (Å²) in [6, 6.07) is 61.2. The van der Waals surface area contributed by atoms with Crippen LogP contribution in [0.4, 0.5) is 17.1 Å². The average molecular weight is 667 g/mol. The molecule has 52 heavy (non-hydrogen) atoms. The smallest absolute Gasteiger partial charge is 0.0541 e. The van der Waals surface area contributed by atoms with Crippen LogP contribution in [0.25, 0.3) is 71.3 Å². The van der Waals surface area contributed by atoms with Gasteiger partial charge in [-0.15, -0.1) is 0 Å². The zero-order chi connectivity index (χ0) is 34.2. The molecule has 8 aromatic carbocycles. The molecule has 2 aliphatic carbocycles. The van der Waals surface area contributed by atoms with Gasteiger partial charge in [0.1, 0.15) is 0 Å². The Labute approximate surface area is 304 Å². The van der Waals surface area contributed by atoms with Crippen molar-refractivity contribution in [1.82, 2.24) is 4.57 Å². The van der Waals surface area contributed by atoms with Crippen molar-refractivity contribution in [2.24, 2.45) is 0 Å². The number of aromatic nitrogens is 1. The number of para-hydroxylation sites is 3. The van der Waals surface area contributed by atoms with E-state index in [1.54, 1.807) is 0 Å². The van der Waals surface area contributed by atoms with Gasteiger partial charge in [0, 0.05) is 33.5 Å². The lowest BCUT2D eigenvalue weighted by atomic mass is 9.78. The predicted molar refractivity (Wildman–Crippen MR) is 221 cm³/mol. The largest absolute Gasteiger partial charge is 0.310 e. The predicted octanol–water partition coefficient (Wildman–Crippen LogP) is 14.3. The lowest BCUT2D eigenvalue weighted by molar-refractivity contribution is 0.443. The quantitative estimate of drug-likeness (QED) is 0.177. The summed E-state index contributed by atoms with van der Waals surface area (Å²) in [4.78, 5) is 2.40. The fourth-order valence-corrected chi connectivity index (χ4v) is 9.23. The molecule has 1 saturated carbocycles. The van der Waals surface area contributed by atoms with E-state index in [1.165, 1.54) is 126 Å². The van der Waals surface area contributed by atoms with Crippen LogP contribution in [-0.4, -0.2) is 4.57 Å². The average Bonchev–Trinajstić information content (AvgIpc) is 3.55. The maximum atomic E-state index is 2.41. The molecule has 0 radical (unpaired) electrons. The highest BCUT2D eigenvalue weighted by Crippen LogP contribution is 2.51. The van der Waals surface area contributed by atoms with Crippen LogP contribution < -0.4 is 4.90 Å². The third-order valence-electron chi connectivity index (χ3n) is 11.8. The van der Waals surface area contributed by atoms with Crippen molar-refractivity contribution in [3.8, 4) is 27.9 Å². The first-order valence-corrected chi connectivity index (χ1v) is 18.9.